The molecule has 5 heteroatoms. The Morgan fingerprint density at radius 1 is 1.19 bits per heavy atom. The first-order chi connectivity index (χ1) is 10.2. The van der Waals surface area contributed by atoms with Crippen molar-refractivity contribution in [2.45, 2.75) is 11.9 Å². The van der Waals surface area contributed by atoms with Gasteiger partial charge in [-0.15, -0.1) is 0 Å². The van der Waals surface area contributed by atoms with E-state index < -0.39 is 5.82 Å². The Hall–Kier alpha value is -2.06. The highest BCUT2D eigenvalue weighted by Crippen LogP contribution is 2.29. The fourth-order valence-electron chi connectivity index (χ4n) is 1.80. The van der Waals surface area contributed by atoms with Crippen LogP contribution in [0.25, 0.3) is 0 Å². The van der Waals surface area contributed by atoms with Gasteiger partial charge in [0.2, 0.25) is 0 Å². The van der Waals surface area contributed by atoms with Crippen molar-refractivity contribution in [2.24, 2.45) is 0 Å². The molecule has 108 valence electrons. The Labute approximate surface area is 131 Å². The van der Waals surface area contributed by atoms with Gasteiger partial charge in [-0.05, 0) is 29.8 Å². The number of hydrogen-bond donors (Lipinski definition) is 0. The number of methoxy groups -OCH3 is 1. The van der Waals surface area contributed by atoms with E-state index in [-0.39, 0.29) is 12.2 Å². The number of halogens is 2. The Balaban J connectivity index is 2.15. The van der Waals surface area contributed by atoms with E-state index in [1.165, 1.54) is 6.07 Å². The molecule has 21 heavy (non-hydrogen) atoms. The lowest BCUT2D eigenvalue weighted by molar-refractivity contribution is 0.279. The third-order valence-electron chi connectivity index (χ3n) is 2.95. The summed E-state index contributed by atoms with van der Waals surface area (Å²) in [5.74, 6) is 0.692. The molecule has 0 aliphatic heterocycles. The highest BCUT2D eigenvalue weighted by molar-refractivity contribution is 9.08. The van der Waals surface area contributed by atoms with E-state index in [1.807, 2.05) is 18.2 Å². The number of nitriles is 1. The van der Waals surface area contributed by atoms with E-state index >= 15 is 0 Å². The normalized spacial score (nSPS) is 10.0. The maximum Gasteiger partial charge on any atom is 0.161 e. The molecule has 0 aromatic heterocycles. The predicted molar refractivity (Wildman–Crippen MR) is 81.1 cm³/mol. The summed E-state index contributed by atoms with van der Waals surface area (Å²) in [7, 11) is 1.56. The Morgan fingerprint density at radius 3 is 2.62 bits per heavy atom. The largest absolute Gasteiger partial charge is 0.493 e. The molecule has 2 rings (SSSR count). The SMILES string of the molecule is COc1cc(CBr)ccc1OCc1ccc(C#N)cc1F. The van der Waals surface area contributed by atoms with Crippen molar-refractivity contribution in [2.75, 3.05) is 7.11 Å². The quantitative estimate of drug-likeness (QED) is 0.760. The first-order valence-corrected chi connectivity index (χ1v) is 7.34. The Kier molecular flexibility index (Phi) is 5.18. The van der Waals surface area contributed by atoms with E-state index in [1.54, 1.807) is 25.3 Å². The molecule has 2 aromatic carbocycles. The van der Waals surface area contributed by atoms with Crippen LogP contribution in [0.1, 0.15) is 16.7 Å². The van der Waals surface area contributed by atoms with Crippen LogP contribution in [0.3, 0.4) is 0 Å². The monoisotopic (exact) mass is 349 g/mol. The van der Waals surface area contributed by atoms with E-state index in [0.29, 0.717) is 22.4 Å². The van der Waals surface area contributed by atoms with Crippen LogP contribution in [-0.4, -0.2) is 7.11 Å². The molecule has 0 aliphatic carbocycles. The maximum absolute atomic E-state index is 13.8. The second-order valence-corrected chi connectivity index (χ2v) is 4.89. The molecule has 0 heterocycles. The number of ether oxygens (including phenoxy) is 2. The van der Waals surface area contributed by atoms with Gasteiger partial charge < -0.3 is 9.47 Å². The van der Waals surface area contributed by atoms with E-state index in [9.17, 15) is 4.39 Å². The van der Waals surface area contributed by atoms with Crippen molar-refractivity contribution in [1.82, 2.24) is 0 Å². The molecule has 3 nitrogen and oxygen atoms in total. The molecule has 0 bridgehead atoms. The van der Waals surface area contributed by atoms with Crippen LogP contribution in [0.2, 0.25) is 0 Å². The van der Waals surface area contributed by atoms with Crippen molar-refractivity contribution >= 4 is 15.9 Å². The standard InChI is InChI=1S/C16H13BrFNO2/c1-20-16-7-11(8-17)3-5-15(16)21-10-13-4-2-12(9-19)6-14(13)18/h2-7H,8,10H2,1H3. The molecule has 0 atom stereocenters. The summed E-state index contributed by atoms with van der Waals surface area (Å²) in [4.78, 5) is 0. The van der Waals surface area contributed by atoms with Crippen LogP contribution in [0.15, 0.2) is 36.4 Å². The Morgan fingerprint density at radius 2 is 2.00 bits per heavy atom. The topological polar surface area (TPSA) is 42.2 Å². The summed E-state index contributed by atoms with van der Waals surface area (Å²) in [5, 5.41) is 9.43. The van der Waals surface area contributed by atoms with Crippen molar-refractivity contribution < 1.29 is 13.9 Å². The average Bonchev–Trinajstić information content (AvgIpc) is 2.53. The van der Waals surface area contributed by atoms with Crippen LogP contribution in [0.5, 0.6) is 11.5 Å². The number of alkyl halides is 1. The second-order valence-electron chi connectivity index (χ2n) is 4.33. The zero-order valence-electron chi connectivity index (χ0n) is 11.4. The van der Waals surface area contributed by atoms with Gasteiger partial charge in [-0.3, -0.25) is 0 Å². The van der Waals surface area contributed by atoms with Gasteiger partial charge in [0.15, 0.2) is 11.5 Å². The van der Waals surface area contributed by atoms with Crippen LogP contribution in [-0.2, 0) is 11.9 Å². The van der Waals surface area contributed by atoms with Crippen LogP contribution < -0.4 is 9.47 Å². The van der Waals surface area contributed by atoms with Gasteiger partial charge in [-0.1, -0.05) is 28.1 Å². The lowest BCUT2D eigenvalue weighted by Gasteiger charge is -2.12. The summed E-state index contributed by atoms with van der Waals surface area (Å²) < 4.78 is 24.6. The molecule has 0 radical (unpaired) electrons. The van der Waals surface area contributed by atoms with Gasteiger partial charge in [-0.2, -0.15) is 5.26 Å². The predicted octanol–water partition coefficient (Wildman–Crippen LogP) is 4.18. The van der Waals surface area contributed by atoms with Gasteiger partial charge in [0.1, 0.15) is 12.4 Å². The molecule has 0 unspecified atom stereocenters. The Bertz CT molecular complexity index is 682. The number of hydrogen-bond acceptors (Lipinski definition) is 3. The summed E-state index contributed by atoms with van der Waals surface area (Å²) >= 11 is 3.37. The third kappa shape index (κ3) is 3.73. The summed E-state index contributed by atoms with van der Waals surface area (Å²) in [6.07, 6.45) is 0. The van der Waals surface area contributed by atoms with Crippen LogP contribution >= 0.6 is 15.9 Å². The molecule has 0 saturated carbocycles. The zero-order valence-corrected chi connectivity index (χ0v) is 13.0. The molecule has 0 saturated heterocycles. The first-order valence-electron chi connectivity index (χ1n) is 6.22. The molecule has 0 fully saturated rings. The van der Waals surface area contributed by atoms with Gasteiger partial charge in [-0.25, -0.2) is 4.39 Å². The third-order valence-corrected chi connectivity index (χ3v) is 3.60. The van der Waals surface area contributed by atoms with Gasteiger partial charge in [0.25, 0.3) is 0 Å². The molecule has 0 N–H and O–H groups in total. The van der Waals surface area contributed by atoms with E-state index in [4.69, 9.17) is 14.7 Å². The summed E-state index contributed by atoms with van der Waals surface area (Å²) in [6.45, 7) is 0.0710. The minimum Gasteiger partial charge on any atom is -0.493 e. The highest BCUT2D eigenvalue weighted by Gasteiger charge is 2.08. The molecule has 0 aliphatic rings. The van der Waals surface area contributed by atoms with Gasteiger partial charge in [0.05, 0.1) is 18.7 Å². The first kappa shape index (κ1) is 15.3. The highest BCUT2D eigenvalue weighted by atomic mass is 79.9. The van der Waals surface area contributed by atoms with Crippen molar-refractivity contribution in [1.29, 1.82) is 5.26 Å². The van der Waals surface area contributed by atoms with Gasteiger partial charge in [0, 0.05) is 10.9 Å². The number of nitrogens with zero attached hydrogens (tertiary/aromatic N) is 1. The van der Waals surface area contributed by atoms with Gasteiger partial charge >= 0.3 is 0 Å². The maximum atomic E-state index is 13.8. The lowest BCUT2D eigenvalue weighted by Crippen LogP contribution is -2.00. The van der Waals surface area contributed by atoms with Crippen molar-refractivity contribution in [3.8, 4) is 17.6 Å². The summed E-state index contributed by atoms with van der Waals surface area (Å²) in [5.41, 5.74) is 1.74. The number of benzene rings is 2. The smallest absolute Gasteiger partial charge is 0.161 e. The fraction of sp³-hybridized carbons (Fsp3) is 0.188. The second kappa shape index (κ2) is 7.09. The van der Waals surface area contributed by atoms with Crippen molar-refractivity contribution in [3.05, 3.63) is 58.9 Å². The summed E-state index contributed by atoms with van der Waals surface area (Å²) in [6, 6.07) is 11.8. The molecule has 0 amide bonds. The van der Waals surface area contributed by atoms with E-state index in [0.717, 1.165) is 5.56 Å². The van der Waals surface area contributed by atoms with E-state index in [2.05, 4.69) is 15.9 Å². The molecule has 0 spiro atoms. The fourth-order valence-corrected chi connectivity index (χ4v) is 2.15. The molecular weight excluding hydrogens is 337 g/mol. The number of rotatable bonds is 5. The minimum absolute atomic E-state index is 0.0710. The van der Waals surface area contributed by atoms with Crippen LogP contribution in [0.4, 0.5) is 4.39 Å². The molecular formula is C16H13BrFNO2. The lowest BCUT2D eigenvalue weighted by atomic mass is 10.1. The van der Waals surface area contributed by atoms with Crippen molar-refractivity contribution in [3.63, 3.8) is 0 Å². The van der Waals surface area contributed by atoms with Crippen LogP contribution in [0, 0.1) is 17.1 Å². The minimum atomic E-state index is -0.454. The zero-order chi connectivity index (χ0) is 15.2. The molecule has 2 aromatic rings. The average molecular weight is 350 g/mol.